The van der Waals surface area contributed by atoms with Crippen molar-refractivity contribution in [3.63, 3.8) is 0 Å². The summed E-state index contributed by atoms with van der Waals surface area (Å²) in [5, 5.41) is 9.20. The lowest BCUT2D eigenvalue weighted by Gasteiger charge is -2.30. The Bertz CT molecular complexity index is 672. The minimum absolute atomic E-state index is 0.428. The Hall–Kier alpha value is -2.02. The van der Waals surface area contributed by atoms with E-state index in [1.807, 2.05) is 12.1 Å². The Morgan fingerprint density at radius 1 is 1.33 bits per heavy atom. The molecule has 3 rings (SSSR count). The van der Waals surface area contributed by atoms with E-state index in [0.29, 0.717) is 17.6 Å². The molecule has 0 aliphatic heterocycles. The number of para-hydroxylation sites is 1. The van der Waals surface area contributed by atoms with Gasteiger partial charge in [-0.1, -0.05) is 25.8 Å². The van der Waals surface area contributed by atoms with Crippen LogP contribution < -0.4 is 5.73 Å². The molecule has 2 N–H and O–H groups in total. The van der Waals surface area contributed by atoms with Gasteiger partial charge in [0.05, 0.1) is 11.1 Å². The molecule has 0 spiro atoms. The SMILES string of the molecule is CCCC1CCC(n2c(N)nc3c(C#N)cccc32)CC1. The molecular weight excluding hydrogens is 260 g/mol. The van der Waals surface area contributed by atoms with Gasteiger partial charge in [0, 0.05) is 6.04 Å². The van der Waals surface area contributed by atoms with Gasteiger partial charge in [-0.25, -0.2) is 4.98 Å². The van der Waals surface area contributed by atoms with Crippen molar-refractivity contribution in [3.8, 4) is 6.07 Å². The van der Waals surface area contributed by atoms with E-state index in [2.05, 4.69) is 22.5 Å². The predicted octanol–water partition coefficient (Wildman–Crippen LogP) is 4.02. The molecule has 1 aromatic heterocycles. The summed E-state index contributed by atoms with van der Waals surface area (Å²) in [6.07, 6.45) is 7.49. The van der Waals surface area contributed by atoms with E-state index in [0.717, 1.165) is 29.8 Å². The topological polar surface area (TPSA) is 67.6 Å². The summed E-state index contributed by atoms with van der Waals surface area (Å²) in [6.45, 7) is 2.26. The second-order valence-electron chi connectivity index (χ2n) is 6.09. The van der Waals surface area contributed by atoms with Gasteiger partial charge in [-0.15, -0.1) is 0 Å². The molecule has 0 amide bonds. The summed E-state index contributed by atoms with van der Waals surface area (Å²) in [6, 6.07) is 8.38. The van der Waals surface area contributed by atoms with Crippen molar-refractivity contribution >= 4 is 17.0 Å². The normalized spacial score (nSPS) is 22.3. The largest absolute Gasteiger partial charge is 0.369 e. The first-order valence-electron chi connectivity index (χ1n) is 7.91. The quantitative estimate of drug-likeness (QED) is 0.924. The van der Waals surface area contributed by atoms with E-state index in [-0.39, 0.29) is 0 Å². The number of nitrogen functional groups attached to an aromatic ring is 1. The highest BCUT2D eigenvalue weighted by molar-refractivity contribution is 5.84. The summed E-state index contributed by atoms with van der Waals surface area (Å²) >= 11 is 0. The number of anilines is 1. The summed E-state index contributed by atoms with van der Waals surface area (Å²) in [5.41, 5.74) is 8.50. The molecule has 1 heterocycles. The van der Waals surface area contributed by atoms with Crippen molar-refractivity contribution in [2.24, 2.45) is 5.92 Å². The number of hydrogen-bond acceptors (Lipinski definition) is 3. The van der Waals surface area contributed by atoms with Gasteiger partial charge in [0.1, 0.15) is 11.6 Å². The van der Waals surface area contributed by atoms with Crippen molar-refractivity contribution in [2.45, 2.75) is 51.5 Å². The number of nitriles is 1. The Labute approximate surface area is 125 Å². The highest BCUT2D eigenvalue weighted by Gasteiger charge is 2.25. The van der Waals surface area contributed by atoms with Crippen molar-refractivity contribution < 1.29 is 0 Å². The lowest BCUT2D eigenvalue weighted by Crippen LogP contribution is -2.19. The number of imidazole rings is 1. The van der Waals surface area contributed by atoms with Gasteiger partial charge < -0.3 is 10.3 Å². The van der Waals surface area contributed by atoms with Crippen LogP contribution in [0, 0.1) is 17.2 Å². The Balaban J connectivity index is 1.92. The number of nitrogens with two attached hydrogens (primary N) is 1. The van der Waals surface area contributed by atoms with Crippen LogP contribution in [0.15, 0.2) is 18.2 Å². The number of benzene rings is 1. The molecule has 0 unspecified atom stereocenters. The standard InChI is InChI=1S/C17H22N4/c1-2-4-12-7-9-14(10-8-12)21-15-6-3-5-13(11-18)16(15)20-17(21)19/h3,5-6,12,14H,2,4,7-10H2,1H3,(H2,19,20). The van der Waals surface area contributed by atoms with E-state index >= 15 is 0 Å². The van der Waals surface area contributed by atoms with Crippen LogP contribution in [0.4, 0.5) is 5.95 Å². The molecule has 110 valence electrons. The molecule has 0 radical (unpaired) electrons. The fourth-order valence-corrected chi connectivity index (χ4v) is 3.71. The highest BCUT2D eigenvalue weighted by atomic mass is 15.2. The van der Waals surface area contributed by atoms with Crippen LogP contribution in [0.3, 0.4) is 0 Å². The predicted molar refractivity (Wildman–Crippen MR) is 84.8 cm³/mol. The molecule has 0 saturated heterocycles. The zero-order chi connectivity index (χ0) is 14.8. The van der Waals surface area contributed by atoms with E-state index < -0.39 is 0 Å². The summed E-state index contributed by atoms with van der Waals surface area (Å²) in [7, 11) is 0. The van der Waals surface area contributed by atoms with Crippen molar-refractivity contribution in [1.82, 2.24) is 9.55 Å². The lowest BCUT2D eigenvalue weighted by atomic mass is 9.83. The minimum Gasteiger partial charge on any atom is -0.369 e. The van der Waals surface area contributed by atoms with E-state index in [1.54, 1.807) is 6.07 Å². The van der Waals surface area contributed by atoms with Crippen LogP contribution in [-0.4, -0.2) is 9.55 Å². The van der Waals surface area contributed by atoms with Crippen LogP contribution >= 0.6 is 0 Å². The average molecular weight is 282 g/mol. The Morgan fingerprint density at radius 2 is 2.10 bits per heavy atom. The molecular formula is C17H22N4. The van der Waals surface area contributed by atoms with Crippen molar-refractivity contribution in [1.29, 1.82) is 5.26 Å². The van der Waals surface area contributed by atoms with Crippen molar-refractivity contribution in [2.75, 3.05) is 5.73 Å². The lowest BCUT2D eigenvalue weighted by molar-refractivity contribution is 0.267. The molecule has 4 nitrogen and oxygen atoms in total. The van der Waals surface area contributed by atoms with Gasteiger partial charge in [0.2, 0.25) is 5.95 Å². The Kier molecular flexibility index (Phi) is 3.83. The average Bonchev–Trinajstić information content (AvgIpc) is 2.84. The number of aromatic nitrogens is 2. The number of fused-ring (bicyclic) bond motifs is 1. The number of rotatable bonds is 3. The first kappa shape index (κ1) is 13.9. The fraction of sp³-hybridized carbons (Fsp3) is 0.529. The van der Waals surface area contributed by atoms with Crippen LogP contribution in [0.2, 0.25) is 0 Å². The molecule has 4 heteroatoms. The molecule has 21 heavy (non-hydrogen) atoms. The van der Waals surface area contributed by atoms with Crippen LogP contribution in [-0.2, 0) is 0 Å². The third kappa shape index (κ3) is 2.49. The smallest absolute Gasteiger partial charge is 0.201 e. The molecule has 1 saturated carbocycles. The highest BCUT2D eigenvalue weighted by Crippen LogP contribution is 2.37. The van der Waals surface area contributed by atoms with Gasteiger partial charge in [0.15, 0.2) is 0 Å². The van der Waals surface area contributed by atoms with Gasteiger partial charge >= 0.3 is 0 Å². The maximum atomic E-state index is 9.20. The third-order valence-electron chi connectivity index (χ3n) is 4.75. The van der Waals surface area contributed by atoms with Gasteiger partial charge in [-0.3, -0.25) is 0 Å². The maximum Gasteiger partial charge on any atom is 0.201 e. The minimum atomic E-state index is 0.428. The summed E-state index contributed by atoms with van der Waals surface area (Å²) in [5.74, 6) is 1.42. The molecule has 2 aromatic rings. The zero-order valence-electron chi connectivity index (χ0n) is 12.5. The van der Waals surface area contributed by atoms with Gasteiger partial charge in [-0.05, 0) is 43.7 Å². The zero-order valence-corrected chi connectivity index (χ0v) is 12.5. The molecule has 1 aromatic carbocycles. The Morgan fingerprint density at radius 3 is 2.76 bits per heavy atom. The second-order valence-corrected chi connectivity index (χ2v) is 6.09. The molecule has 0 bridgehead atoms. The summed E-state index contributed by atoms with van der Waals surface area (Å²) < 4.78 is 2.15. The second kappa shape index (κ2) is 5.77. The van der Waals surface area contributed by atoms with Crippen molar-refractivity contribution in [3.05, 3.63) is 23.8 Å². The van der Waals surface area contributed by atoms with Gasteiger partial charge in [0.25, 0.3) is 0 Å². The monoisotopic (exact) mass is 282 g/mol. The van der Waals surface area contributed by atoms with E-state index in [4.69, 9.17) is 5.73 Å². The first-order valence-corrected chi connectivity index (χ1v) is 7.91. The summed E-state index contributed by atoms with van der Waals surface area (Å²) in [4.78, 5) is 4.43. The van der Waals surface area contributed by atoms with E-state index in [9.17, 15) is 5.26 Å². The van der Waals surface area contributed by atoms with Crippen LogP contribution in [0.5, 0.6) is 0 Å². The fourth-order valence-electron chi connectivity index (χ4n) is 3.71. The first-order chi connectivity index (χ1) is 10.2. The molecule has 1 aliphatic rings. The van der Waals surface area contributed by atoms with Crippen LogP contribution in [0.1, 0.15) is 57.1 Å². The van der Waals surface area contributed by atoms with Gasteiger partial charge in [-0.2, -0.15) is 5.26 Å². The number of nitrogens with zero attached hydrogens (tertiary/aromatic N) is 3. The molecule has 1 fully saturated rings. The molecule has 0 atom stereocenters. The molecule has 1 aliphatic carbocycles. The maximum absolute atomic E-state index is 9.20. The van der Waals surface area contributed by atoms with E-state index in [1.165, 1.54) is 25.7 Å². The van der Waals surface area contributed by atoms with Crippen LogP contribution in [0.25, 0.3) is 11.0 Å². The third-order valence-corrected chi connectivity index (χ3v) is 4.75. The number of hydrogen-bond donors (Lipinski definition) is 1.